The zero-order valence-electron chi connectivity index (χ0n) is 19.7. The Morgan fingerprint density at radius 2 is 1.88 bits per heavy atom. The molecule has 0 unspecified atom stereocenters. The zero-order chi connectivity index (χ0) is 24.3. The van der Waals surface area contributed by atoms with Crippen molar-refractivity contribution in [3.05, 3.63) is 70.0 Å². The Balaban J connectivity index is 1.93. The van der Waals surface area contributed by atoms with Crippen LogP contribution in [-0.2, 0) is 6.54 Å². The van der Waals surface area contributed by atoms with Gasteiger partial charge in [-0.15, -0.1) is 0 Å². The fourth-order valence-electron chi connectivity index (χ4n) is 3.66. The van der Waals surface area contributed by atoms with E-state index in [1.807, 2.05) is 65.0 Å². The van der Waals surface area contributed by atoms with Crippen molar-refractivity contribution in [3.63, 3.8) is 0 Å². The maximum Gasteiger partial charge on any atom is 0.269 e. The molecule has 5 N–H and O–H groups in total. The molecule has 2 aromatic carbocycles. The van der Waals surface area contributed by atoms with Crippen molar-refractivity contribution in [1.82, 2.24) is 15.1 Å². The van der Waals surface area contributed by atoms with Crippen LogP contribution in [0.15, 0.2) is 36.4 Å². The lowest BCUT2D eigenvalue weighted by atomic mass is 10.0. The molecule has 174 valence electrons. The Morgan fingerprint density at radius 1 is 1.15 bits per heavy atom. The Labute approximate surface area is 193 Å². The monoisotopic (exact) mass is 449 g/mol. The van der Waals surface area contributed by atoms with Gasteiger partial charge in [-0.2, -0.15) is 5.10 Å². The maximum absolute atomic E-state index is 12.7. The van der Waals surface area contributed by atoms with Gasteiger partial charge in [0.15, 0.2) is 5.69 Å². The summed E-state index contributed by atoms with van der Waals surface area (Å²) in [5.41, 5.74) is 16.8. The fourth-order valence-corrected chi connectivity index (χ4v) is 3.66. The average Bonchev–Trinajstić information content (AvgIpc) is 3.11. The average molecular weight is 450 g/mol. The van der Waals surface area contributed by atoms with Gasteiger partial charge < -0.3 is 21.5 Å². The van der Waals surface area contributed by atoms with Crippen molar-refractivity contribution >= 4 is 17.5 Å². The Morgan fingerprint density at radius 3 is 2.52 bits per heavy atom. The number of amides is 2. The number of hydrogen-bond acceptors (Lipinski definition) is 5. The molecular formula is C25H31N5O3. The topological polar surface area (TPSA) is 125 Å². The van der Waals surface area contributed by atoms with Crippen molar-refractivity contribution in [2.45, 2.75) is 47.1 Å². The summed E-state index contributed by atoms with van der Waals surface area (Å²) in [7, 11) is 0. The molecule has 0 spiro atoms. The van der Waals surface area contributed by atoms with Gasteiger partial charge in [-0.05, 0) is 56.0 Å². The molecule has 3 aromatic rings. The number of nitrogens with zero attached hydrogens (tertiary/aromatic N) is 2. The van der Waals surface area contributed by atoms with Crippen LogP contribution in [0.25, 0.3) is 5.69 Å². The van der Waals surface area contributed by atoms with Gasteiger partial charge in [0.2, 0.25) is 0 Å². The fraction of sp³-hybridized carbons (Fsp3) is 0.320. The van der Waals surface area contributed by atoms with E-state index in [1.54, 1.807) is 6.07 Å². The van der Waals surface area contributed by atoms with Crippen molar-refractivity contribution in [3.8, 4) is 11.4 Å². The summed E-state index contributed by atoms with van der Waals surface area (Å²) in [6, 6.07) is 11.2. The number of nitrogens with two attached hydrogens (primary N) is 2. The molecule has 0 bridgehead atoms. The van der Waals surface area contributed by atoms with Crippen LogP contribution < -0.4 is 21.5 Å². The maximum atomic E-state index is 12.7. The van der Waals surface area contributed by atoms with E-state index in [-0.39, 0.29) is 23.2 Å². The van der Waals surface area contributed by atoms with Gasteiger partial charge in [0, 0.05) is 12.1 Å². The number of nitrogens with one attached hydrogen (secondary N) is 1. The van der Waals surface area contributed by atoms with Crippen LogP contribution in [0.4, 0.5) is 5.69 Å². The Bertz CT molecular complexity index is 1200. The van der Waals surface area contributed by atoms with Crippen LogP contribution in [0, 0.1) is 13.8 Å². The van der Waals surface area contributed by atoms with E-state index in [0.717, 1.165) is 16.7 Å². The third-order valence-corrected chi connectivity index (χ3v) is 5.37. The molecule has 3 rings (SSSR count). The Hall–Kier alpha value is -3.81. The van der Waals surface area contributed by atoms with E-state index in [0.29, 0.717) is 35.8 Å². The molecule has 0 atom stereocenters. The first kappa shape index (κ1) is 23.8. The number of carbonyl (C=O) groups excluding carboxylic acids is 2. The summed E-state index contributed by atoms with van der Waals surface area (Å²) in [6.07, 6.45) is 0. The zero-order valence-corrected chi connectivity index (χ0v) is 19.7. The predicted molar refractivity (Wildman–Crippen MR) is 129 cm³/mol. The lowest BCUT2D eigenvalue weighted by molar-refractivity contribution is 0.0948. The normalized spacial score (nSPS) is 11.0. The highest BCUT2D eigenvalue weighted by atomic mass is 16.5. The van der Waals surface area contributed by atoms with E-state index in [9.17, 15) is 9.59 Å². The number of aromatic nitrogens is 2. The summed E-state index contributed by atoms with van der Waals surface area (Å²) in [5, 5.41) is 7.50. The van der Waals surface area contributed by atoms with E-state index in [2.05, 4.69) is 10.4 Å². The van der Waals surface area contributed by atoms with Crippen molar-refractivity contribution < 1.29 is 14.3 Å². The van der Waals surface area contributed by atoms with Crippen LogP contribution in [0.2, 0.25) is 0 Å². The summed E-state index contributed by atoms with van der Waals surface area (Å²) in [5.74, 6) is -0.286. The molecule has 0 aliphatic heterocycles. The minimum atomic E-state index is -0.667. The molecule has 8 nitrogen and oxygen atoms in total. The van der Waals surface area contributed by atoms with Crippen LogP contribution in [0.1, 0.15) is 69.9 Å². The number of carbonyl (C=O) groups is 2. The number of rotatable bonds is 8. The van der Waals surface area contributed by atoms with Crippen molar-refractivity contribution in [1.29, 1.82) is 0 Å². The van der Waals surface area contributed by atoms with Gasteiger partial charge in [-0.1, -0.05) is 37.6 Å². The first-order valence-corrected chi connectivity index (χ1v) is 10.9. The molecule has 0 fully saturated rings. The summed E-state index contributed by atoms with van der Waals surface area (Å²) in [4.78, 5) is 24.8. The van der Waals surface area contributed by atoms with E-state index in [1.165, 1.54) is 4.68 Å². The lowest BCUT2D eigenvalue weighted by Gasteiger charge is -2.14. The van der Waals surface area contributed by atoms with Gasteiger partial charge in [0.05, 0.1) is 18.0 Å². The molecule has 0 aliphatic rings. The summed E-state index contributed by atoms with van der Waals surface area (Å²) >= 11 is 0. The van der Waals surface area contributed by atoms with E-state index < -0.39 is 5.91 Å². The minimum absolute atomic E-state index is 0.0134. The number of ether oxygens (including phenoxy) is 1. The van der Waals surface area contributed by atoms with E-state index >= 15 is 0 Å². The van der Waals surface area contributed by atoms with Gasteiger partial charge in [-0.3, -0.25) is 9.59 Å². The third-order valence-electron chi connectivity index (χ3n) is 5.37. The minimum Gasteiger partial charge on any atom is -0.492 e. The summed E-state index contributed by atoms with van der Waals surface area (Å²) < 4.78 is 7.28. The first-order valence-electron chi connectivity index (χ1n) is 10.9. The van der Waals surface area contributed by atoms with Crippen LogP contribution >= 0.6 is 0 Å². The second-order valence-corrected chi connectivity index (χ2v) is 8.31. The third kappa shape index (κ3) is 5.00. The van der Waals surface area contributed by atoms with Gasteiger partial charge in [-0.25, -0.2) is 4.68 Å². The van der Waals surface area contributed by atoms with Gasteiger partial charge in [0.25, 0.3) is 11.8 Å². The molecule has 1 aromatic heterocycles. The standard InChI is InChI=1S/C25H31N5O3/c1-6-33-20-12-17(13-28-25(32)18-11-15(4)7-8-16(18)5)9-10-19(20)30-23(24(27)31)21(26)22(29-30)14(2)3/h7-12,14H,6,13,26H2,1-5H3,(H2,27,31)(H,28,32). The number of primary amides is 1. The number of benzene rings is 2. The molecule has 0 saturated carbocycles. The van der Waals surface area contributed by atoms with Gasteiger partial charge in [0.1, 0.15) is 11.4 Å². The largest absolute Gasteiger partial charge is 0.492 e. The van der Waals surface area contributed by atoms with Crippen molar-refractivity contribution in [2.75, 3.05) is 12.3 Å². The van der Waals surface area contributed by atoms with Crippen LogP contribution in [0.3, 0.4) is 0 Å². The second-order valence-electron chi connectivity index (χ2n) is 8.31. The highest BCUT2D eigenvalue weighted by Gasteiger charge is 2.24. The quantitative estimate of drug-likeness (QED) is 0.484. The first-order chi connectivity index (χ1) is 15.6. The molecule has 0 aliphatic carbocycles. The Kier molecular flexibility index (Phi) is 7.06. The highest BCUT2D eigenvalue weighted by Crippen LogP contribution is 2.31. The SMILES string of the molecule is CCOc1cc(CNC(=O)c2cc(C)ccc2C)ccc1-n1nc(C(C)C)c(N)c1C(N)=O. The number of anilines is 1. The number of aryl methyl sites for hydroxylation is 2. The van der Waals surface area contributed by atoms with E-state index in [4.69, 9.17) is 16.2 Å². The highest BCUT2D eigenvalue weighted by molar-refractivity contribution is 5.97. The van der Waals surface area contributed by atoms with Crippen LogP contribution in [0.5, 0.6) is 5.75 Å². The number of nitrogen functional groups attached to an aromatic ring is 1. The lowest BCUT2D eigenvalue weighted by Crippen LogP contribution is -2.24. The molecule has 0 radical (unpaired) electrons. The molecule has 1 heterocycles. The van der Waals surface area contributed by atoms with Crippen LogP contribution in [-0.4, -0.2) is 28.2 Å². The molecule has 8 heteroatoms. The molecule has 0 saturated heterocycles. The smallest absolute Gasteiger partial charge is 0.269 e. The molecular weight excluding hydrogens is 418 g/mol. The van der Waals surface area contributed by atoms with Gasteiger partial charge >= 0.3 is 0 Å². The number of hydrogen-bond donors (Lipinski definition) is 3. The van der Waals surface area contributed by atoms with Crippen molar-refractivity contribution in [2.24, 2.45) is 5.73 Å². The molecule has 2 amide bonds. The summed E-state index contributed by atoms with van der Waals surface area (Å²) in [6.45, 7) is 10.3. The second kappa shape index (κ2) is 9.77. The molecule has 33 heavy (non-hydrogen) atoms. The predicted octanol–water partition coefficient (Wildman–Crippen LogP) is 3.62.